The number of allylic oxidation sites excluding steroid dienone is 5. The Morgan fingerprint density at radius 1 is 1.06 bits per heavy atom. The third-order valence-corrected chi connectivity index (χ3v) is 4.25. The number of nitrogens with zero attached hydrogens (tertiary/aromatic N) is 1. The van der Waals surface area contributed by atoms with Crippen molar-refractivity contribution in [3.63, 3.8) is 0 Å². The summed E-state index contributed by atoms with van der Waals surface area (Å²) >= 11 is 0. The van der Waals surface area contributed by atoms with Crippen LogP contribution in [0.1, 0.15) is 46.5 Å². The Labute approximate surface area is 105 Å². The van der Waals surface area contributed by atoms with E-state index in [1.54, 1.807) is 16.8 Å². The normalized spacial score (nSPS) is 27.1. The van der Waals surface area contributed by atoms with Gasteiger partial charge in [-0.25, -0.2) is 0 Å². The summed E-state index contributed by atoms with van der Waals surface area (Å²) in [6, 6.07) is 0. The smallest absolute Gasteiger partial charge is 0.0430 e. The van der Waals surface area contributed by atoms with Crippen LogP contribution in [0.4, 0.5) is 0 Å². The number of piperidine rings is 1. The predicted octanol–water partition coefficient (Wildman–Crippen LogP) is 4.04. The fourth-order valence-electron chi connectivity index (χ4n) is 3.73. The summed E-state index contributed by atoms with van der Waals surface area (Å²) in [6.45, 7) is 9.51. The molecule has 3 aliphatic rings. The highest BCUT2D eigenvalue weighted by molar-refractivity contribution is 5.49. The molecule has 0 atom stereocenters. The molecule has 0 amide bonds. The lowest BCUT2D eigenvalue weighted by atomic mass is 9.88. The van der Waals surface area contributed by atoms with Crippen molar-refractivity contribution in [2.75, 3.05) is 13.1 Å². The van der Waals surface area contributed by atoms with Gasteiger partial charge in [0, 0.05) is 24.2 Å². The van der Waals surface area contributed by atoms with Gasteiger partial charge < -0.3 is 4.90 Å². The van der Waals surface area contributed by atoms with Crippen LogP contribution in [0.5, 0.6) is 0 Å². The fraction of sp³-hybridized carbons (Fsp3) is 0.625. The van der Waals surface area contributed by atoms with E-state index in [2.05, 4.69) is 37.8 Å². The van der Waals surface area contributed by atoms with E-state index < -0.39 is 0 Å². The summed E-state index contributed by atoms with van der Waals surface area (Å²) in [5.74, 6) is 0. The lowest BCUT2D eigenvalue weighted by molar-refractivity contribution is 0.296. The van der Waals surface area contributed by atoms with Gasteiger partial charge in [-0.2, -0.15) is 0 Å². The van der Waals surface area contributed by atoms with E-state index in [0.29, 0.717) is 0 Å². The molecule has 0 N–H and O–H groups in total. The third kappa shape index (κ3) is 1.86. The van der Waals surface area contributed by atoms with Crippen LogP contribution in [0.25, 0.3) is 0 Å². The zero-order valence-electron chi connectivity index (χ0n) is 11.3. The molecule has 0 aromatic heterocycles. The minimum atomic E-state index is 0.222. The Hall–Kier alpha value is -0.980. The number of hydrogen-bond donors (Lipinski definition) is 0. The summed E-state index contributed by atoms with van der Waals surface area (Å²) in [6.07, 6.45) is 10.2. The molecule has 0 aromatic carbocycles. The average Bonchev–Trinajstić information content (AvgIpc) is 2.36. The molecular formula is C16H23N. The van der Waals surface area contributed by atoms with Gasteiger partial charge in [0.2, 0.25) is 0 Å². The largest absolute Gasteiger partial charge is 0.371 e. The Balaban J connectivity index is 2.17. The second kappa shape index (κ2) is 3.76. The van der Waals surface area contributed by atoms with E-state index in [9.17, 15) is 0 Å². The van der Waals surface area contributed by atoms with Crippen LogP contribution in [0.3, 0.4) is 0 Å². The second-order valence-electron chi connectivity index (χ2n) is 6.34. The van der Waals surface area contributed by atoms with E-state index in [-0.39, 0.29) is 5.41 Å². The van der Waals surface area contributed by atoms with Gasteiger partial charge in [0.25, 0.3) is 0 Å². The summed E-state index contributed by atoms with van der Waals surface area (Å²) < 4.78 is 0. The minimum Gasteiger partial charge on any atom is -0.371 e. The van der Waals surface area contributed by atoms with E-state index in [0.717, 1.165) is 0 Å². The van der Waals surface area contributed by atoms with E-state index in [4.69, 9.17) is 0 Å². The van der Waals surface area contributed by atoms with E-state index >= 15 is 0 Å². The molecule has 92 valence electrons. The molecule has 1 heteroatoms. The van der Waals surface area contributed by atoms with Crippen molar-refractivity contribution in [3.8, 4) is 0 Å². The van der Waals surface area contributed by atoms with E-state index in [1.807, 2.05) is 0 Å². The molecule has 3 rings (SSSR count). The lowest BCUT2D eigenvalue weighted by Crippen LogP contribution is -2.34. The zero-order chi connectivity index (χ0) is 12.0. The van der Waals surface area contributed by atoms with Crippen molar-refractivity contribution in [2.45, 2.75) is 46.5 Å². The first kappa shape index (κ1) is 11.1. The molecule has 2 aliphatic heterocycles. The van der Waals surface area contributed by atoms with Gasteiger partial charge in [-0.15, -0.1) is 0 Å². The summed E-state index contributed by atoms with van der Waals surface area (Å²) in [7, 11) is 0. The van der Waals surface area contributed by atoms with Crippen LogP contribution in [-0.4, -0.2) is 18.0 Å². The highest BCUT2D eigenvalue weighted by Crippen LogP contribution is 2.42. The fourth-order valence-corrected chi connectivity index (χ4v) is 3.73. The van der Waals surface area contributed by atoms with Crippen molar-refractivity contribution < 1.29 is 0 Å². The van der Waals surface area contributed by atoms with Gasteiger partial charge in [0.15, 0.2) is 0 Å². The first-order valence-corrected chi connectivity index (χ1v) is 6.97. The van der Waals surface area contributed by atoms with Crippen molar-refractivity contribution in [1.82, 2.24) is 4.90 Å². The molecule has 17 heavy (non-hydrogen) atoms. The molecule has 0 saturated carbocycles. The van der Waals surface area contributed by atoms with Gasteiger partial charge in [-0.05, 0) is 49.3 Å². The molecule has 2 heterocycles. The third-order valence-electron chi connectivity index (χ3n) is 4.25. The topological polar surface area (TPSA) is 3.24 Å². The predicted molar refractivity (Wildman–Crippen MR) is 72.7 cm³/mol. The summed E-state index contributed by atoms with van der Waals surface area (Å²) in [4.78, 5) is 2.63. The second-order valence-corrected chi connectivity index (χ2v) is 6.34. The standard InChI is InChI=1S/C16H23N/c1-12-10-16(2,3)11-13-6-4-8-17-9-5-7-14(12)15(13)17/h10-11H,4-9H2,1-3H3. The zero-order valence-corrected chi connectivity index (χ0v) is 11.3. The SMILES string of the molecule is CC1=CC(C)(C)C=C2CCCN3CCCC1=C23. The average molecular weight is 229 g/mol. The maximum absolute atomic E-state index is 2.63. The van der Waals surface area contributed by atoms with Crippen molar-refractivity contribution >= 4 is 0 Å². The highest BCUT2D eigenvalue weighted by Gasteiger charge is 2.30. The molecular weight excluding hydrogens is 206 g/mol. The summed E-state index contributed by atoms with van der Waals surface area (Å²) in [5, 5.41) is 0. The minimum absolute atomic E-state index is 0.222. The molecule has 0 spiro atoms. The molecule has 1 nitrogen and oxygen atoms in total. The molecule has 1 fully saturated rings. The van der Waals surface area contributed by atoms with Crippen LogP contribution in [0.2, 0.25) is 0 Å². The lowest BCUT2D eigenvalue weighted by Gasteiger charge is -2.39. The van der Waals surface area contributed by atoms with Crippen LogP contribution in [0, 0.1) is 5.41 Å². The Morgan fingerprint density at radius 2 is 1.76 bits per heavy atom. The van der Waals surface area contributed by atoms with Crippen molar-refractivity contribution in [2.24, 2.45) is 5.41 Å². The molecule has 0 radical (unpaired) electrons. The molecule has 0 unspecified atom stereocenters. The van der Waals surface area contributed by atoms with Gasteiger partial charge >= 0.3 is 0 Å². The number of rotatable bonds is 0. The van der Waals surface area contributed by atoms with Crippen LogP contribution >= 0.6 is 0 Å². The first-order valence-electron chi connectivity index (χ1n) is 6.97. The molecule has 0 aromatic rings. The van der Waals surface area contributed by atoms with Gasteiger partial charge in [-0.3, -0.25) is 0 Å². The van der Waals surface area contributed by atoms with E-state index in [1.165, 1.54) is 44.3 Å². The Morgan fingerprint density at radius 3 is 2.53 bits per heavy atom. The van der Waals surface area contributed by atoms with Crippen LogP contribution in [0.15, 0.2) is 34.6 Å². The van der Waals surface area contributed by atoms with Crippen molar-refractivity contribution in [3.05, 3.63) is 34.6 Å². The quantitative estimate of drug-likeness (QED) is 0.606. The molecule has 0 bridgehead atoms. The maximum Gasteiger partial charge on any atom is 0.0430 e. The monoisotopic (exact) mass is 229 g/mol. The van der Waals surface area contributed by atoms with Crippen LogP contribution < -0.4 is 0 Å². The van der Waals surface area contributed by atoms with Gasteiger partial charge in [0.1, 0.15) is 0 Å². The molecule has 1 saturated heterocycles. The van der Waals surface area contributed by atoms with Gasteiger partial charge in [0.05, 0.1) is 0 Å². The van der Waals surface area contributed by atoms with Crippen molar-refractivity contribution in [1.29, 1.82) is 0 Å². The van der Waals surface area contributed by atoms with Crippen LogP contribution in [-0.2, 0) is 0 Å². The Bertz CT molecular complexity index is 434. The number of hydrogen-bond acceptors (Lipinski definition) is 1. The Kier molecular flexibility index (Phi) is 2.46. The first-order chi connectivity index (χ1) is 8.07. The summed E-state index contributed by atoms with van der Waals surface area (Å²) in [5.41, 5.74) is 6.58. The van der Waals surface area contributed by atoms with Gasteiger partial charge in [-0.1, -0.05) is 26.0 Å². The maximum atomic E-state index is 2.63. The highest BCUT2D eigenvalue weighted by atomic mass is 15.1. The molecule has 1 aliphatic carbocycles.